The van der Waals surface area contributed by atoms with Crippen LogP contribution in [0.15, 0.2) is 54.3 Å². The molecule has 0 aliphatic carbocycles. The van der Waals surface area contributed by atoms with Crippen LogP contribution in [0.2, 0.25) is 0 Å². The van der Waals surface area contributed by atoms with Crippen LogP contribution in [0.5, 0.6) is 0 Å². The number of thiazole rings is 1. The van der Waals surface area contributed by atoms with Gasteiger partial charge >= 0.3 is 0 Å². The molecule has 1 saturated heterocycles. The Morgan fingerprint density at radius 2 is 1.94 bits per heavy atom. The van der Waals surface area contributed by atoms with Crippen molar-refractivity contribution >= 4 is 23.2 Å². The van der Waals surface area contributed by atoms with Gasteiger partial charge in [0.05, 0.1) is 17.8 Å². The summed E-state index contributed by atoms with van der Waals surface area (Å²) in [5.41, 5.74) is 1.69. The molecule has 3 heterocycles. The molecule has 1 aromatic carbocycles. The van der Waals surface area contributed by atoms with Crippen molar-refractivity contribution in [3.63, 3.8) is 0 Å². The summed E-state index contributed by atoms with van der Waals surface area (Å²) < 4.78 is 1.72. The van der Waals surface area contributed by atoms with Crippen LogP contribution in [0.25, 0.3) is 5.69 Å². The third-order valence-electron chi connectivity index (χ3n) is 5.86. The summed E-state index contributed by atoms with van der Waals surface area (Å²) in [5, 5.41) is 30.4. The number of aromatic nitrogens is 3. The number of rotatable bonds is 7. The zero-order valence-corrected chi connectivity index (χ0v) is 19.1. The van der Waals surface area contributed by atoms with Crippen LogP contribution in [-0.4, -0.2) is 60.4 Å². The summed E-state index contributed by atoms with van der Waals surface area (Å²) in [6.45, 7) is 2.22. The van der Waals surface area contributed by atoms with Crippen molar-refractivity contribution in [3.8, 4) is 5.69 Å². The average Bonchev–Trinajstić information content (AvgIpc) is 3.57. The first-order valence-electron chi connectivity index (χ1n) is 10.9. The Balaban J connectivity index is 1.38. The molecule has 1 unspecified atom stereocenters. The van der Waals surface area contributed by atoms with Gasteiger partial charge in [-0.1, -0.05) is 12.1 Å². The number of amides is 2. The van der Waals surface area contributed by atoms with Gasteiger partial charge in [-0.2, -0.15) is 5.10 Å². The third kappa shape index (κ3) is 5.13. The molecule has 1 aliphatic heterocycles. The van der Waals surface area contributed by atoms with E-state index in [1.807, 2.05) is 41.9 Å². The van der Waals surface area contributed by atoms with Gasteiger partial charge in [0.2, 0.25) is 0 Å². The SMILES string of the molecule is C[C@@H](NC(=O)[C@H](O)[C@@H](O)C(=O)N1CCCCC1c1nccs1)c1ccc(-n2cccn2)cc1. The second-order valence-electron chi connectivity index (χ2n) is 8.08. The third-order valence-corrected chi connectivity index (χ3v) is 6.74. The van der Waals surface area contributed by atoms with Gasteiger partial charge in [-0.25, -0.2) is 9.67 Å². The highest BCUT2D eigenvalue weighted by Crippen LogP contribution is 2.32. The highest BCUT2D eigenvalue weighted by Gasteiger charge is 2.38. The lowest BCUT2D eigenvalue weighted by Gasteiger charge is -2.36. The predicted octanol–water partition coefficient (Wildman–Crippen LogP) is 1.98. The van der Waals surface area contributed by atoms with Crippen molar-refractivity contribution < 1.29 is 19.8 Å². The quantitative estimate of drug-likeness (QED) is 0.487. The molecule has 1 aliphatic rings. The van der Waals surface area contributed by atoms with Gasteiger partial charge in [0, 0.05) is 30.5 Å². The minimum absolute atomic E-state index is 0.247. The minimum Gasteiger partial charge on any atom is -0.380 e. The number of carbonyl (C=O) groups is 2. The molecule has 0 radical (unpaired) electrons. The normalized spacial score (nSPS) is 19.0. The standard InChI is InChI=1S/C23H27N5O4S/c1-15(16-6-8-17(9-7-16)28-13-4-10-25-28)26-21(31)19(29)20(30)23(32)27-12-3-2-5-18(27)22-24-11-14-33-22/h4,6-11,13-15,18-20,29-30H,2-3,5,12H2,1H3,(H,26,31)/t15-,18?,19-,20-/m1/s1. The van der Waals surface area contributed by atoms with E-state index in [2.05, 4.69) is 15.4 Å². The monoisotopic (exact) mass is 469 g/mol. The lowest BCUT2D eigenvalue weighted by Crippen LogP contribution is -2.52. The molecule has 33 heavy (non-hydrogen) atoms. The second-order valence-corrected chi connectivity index (χ2v) is 9.00. The van der Waals surface area contributed by atoms with Crippen LogP contribution in [0, 0.1) is 0 Å². The van der Waals surface area contributed by atoms with Crippen LogP contribution in [0.4, 0.5) is 0 Å². The van der Waals surface area contributed by atoms with E-state index in [4.69, 9.17) is 0 Å². The number of likely N-dealkylation sites (tertiary alicyclic amines) is 1. The maximum Gasteiger partial charge on any atom is 0.255 e. The second kappa shape index (κ2) is 10.2. The first kappa shape index (κ1) is 23.1. The lowest BCUT2D eigenvalue weighted by atomic mass is 10.0. The van der Waals surface area contributed by atoms with Gasteiger partial charge in [0.15, 0.2) is 12.2 Å². The summed E-state index contributed by atoms with van der Waals surface area (Å²) in [5.74, 6) is -1.46. The number of piperidine rings is 1. The Kier molecular flexibility index (Phi) is 7.17. The van der Waals surface area contributed by atoms with E-state index >= 15 is 0 Å². The van der Waals surface area contributed by atoms with Crippen LogP contribution >= 0.6 is 11.3 Å². The van der Waals surface area contributed by atoms with Crippen molar-refractivity contribution in [2.75, 3.05) is 6.54 Å². The Hall–Kier alpha value is -3.08. The molecule has 2 aromatic heterocycles. The predicted molar refractivity (Wildman–Crippen MR) is 123 cm³/mol. The molecule has 2 amide bonds. The fourth-order valence-corrected chi connectivity index (χ4v) is 4.80. The van der Waals surface area contributed by atoms with E-state index in [1.54, 1.807) is 24.0 Å². The largest absolute Gasteiger partial charge is 0.380 e. The lowest BCUT2D eigenvalue weighted by molar-refractivity contribution is -0.156. The van der Waals surface area contributed by atoms with Crippen LogP contribution < -0.4 is 5.32 Å². The van der Waals surface area contributed by atoms with Crippen LogP contribution in [-0.2, 0) is 9.59 Å². The number of hydrogen-bond acceptors (Lipinski definition) is 7. The fourth-order valence-electron chi connectivity index (χ4n) is 4.02. The summed E-state index contributed by atoms with van der Waals surface area (Å²) in [7, 11) is 0. The molecular weight excluding hydrogens is 442 g/mol. The smallest absolute Gasteiger partial charge is 0.255 e. The van der Waals surface area contributed by atoms with Gasteiger partial charge in [-0.05, 0) is 49.9 Å². The van der Waals surface area contributed by atoms with E-state index in [0.29, 0.717) is 6.54 Å². The average molecular weight is 470 g/mol. The minimum atomic E-state index is -1.87. The van der Waals surface area contributed by atoms with Crippen molar-refractivity contribution in [2.24, 2.45) is 0 Å². The van der Waals surface area contributed by atoms with Gasteiger partial charge in [0.1, 0.15) is 5.01 Å². The summed E-state index contributed by atoms with van der Waals surface area (Å²) in [6, 6.07) is 8.59. The van der Waals surface area contributed by atoms with Crippen LogP contribution in [0.3, 0.4) is 0 Å². The number of aliphatic hydroxyl groups is 2. The molecule has 4 rings (SSSR count). The number of benzene rings is 1. The molecule has 0 spiro atoms. The molecule has 1 fully saturated rings. The molecule has 0 saturated carbocycles. The number of hydrogen-bond donors (Lipinski definition) is 3. The fraction of sp³-hybridized carbons (Fsp3) is 0.391. The van der Waals surface area contributed by atoms with Gasteiger partial charge in [-0.15, -0.1) is 11.3 Å². The highest BCUT2D eigenvalue weighted by molar-refractivity contribution is 7.09. The molecule has 4 atom stereocenters. The Bertz CT molecular complexity index is 1060. The van der Waals surface area contributed by atoms with Crippen molar-refractivity contribution in [3.05, 3.63) is 64.9 Å². The Morgan fingerprint density at radius 3 is 2.61 bits per heavy atom. The zero-order valence-electron chi connectivity index (χ0n) is 18.2. The van der Waals surface area contributed by atoms with Gasteiger partial charge < -0.3 is 20.4 Å². The van der Waals surface area contributed by atoms with E-state index < -0.39 is 30.1 Å². The van der Waals surface area contributed by atoms with Crippen molar-refractivity contribution in [1.82, 2.24) is 25.0 Å². The highest BCUT2D eigenvalue weighted by atomic mass is 32.1. The molecule has 3 aromatic rings. The molecule has 174 valence electrons. The summed E-state index contributed by atoms with van der Waals surface area (Å²) in [6.07, 6.45) is 3.96. The number of nitrogens with zero attached hydrogens (tertiary/aromatic N) is 4. The first-order valence-corrected chi connectivity index (χ1v) is 11.8. The van der Waals surface area contributed by atoms with Gasteiger partial charge in [-0.3, -0.25) is 9.59 Å². The van der Waals surface area contributed by atoms with Crippen molar-refractivity contribution in [1.29, 1.82) is 0 Å². The Labute approximate surface area is 195 Å². The van der Waals surface area contributed by atoms with E-state index in [1.165, 1.54) is 16.2 Å². The molecule has 10 heteroatoms. The number of nitrogens with one attached hydrogen (secondary N) is 1. The van der Waals surface area contributed by atoms with E-state index in [0.717, 1.165) is 35.5 Å². The zero-order chi connectivity index (χ0) is 23.4. The molecule has 3 N–H and O–H groups in total. The number of carbonyl (C=O) groups excluding carboxylic acids is 2. The maximum absolute atomic E-state index is 13.0. The number of aliphatic hydroxyl groups excluding tert-OH is 2. The van der Waals surface area contributed by atoms with Crippen LogP contribution in [0.1, 0.15) is 48.8 Å². The van der Waals surface area contributed by atoms with Crippen molar-refractivity contribution in [2.45, 2.75) is 50.5 Å². The maximum atomic E-state index is 13.0. The topological polar surface area (TPSA) is 121 Å². The molecular formula is C23H27N5O4S. The van der Waals surface area contributed by atoms with Gasteiger partial charge in [0.25, 0.3) is 11.8 Å². The summed E-state index contributed by atoms with van der Waals surface area (Å²) >= 11 is 1.45. The first-order chi connectivity index (χ1) is 16.0. The molecule has 9 nitrogen and oxygen atoms in total. The molecule has 0 bridgehead atoms. The summed E-state index contributed by atoms with van der Waals surface area (Å²) in [4.78, 5) is 31.4. The van der Waals surface area contributed by atoms with E-state index in [9.17, 15) is 19.8 Å². The Morgan fingerprint density at radius 1 is 1.15 bits per heavy atom. The van der Waals surface area contributed by atoms with E-state index in [-0.39, 0.29) is 6.04 Å².